The summed E-state index contributed by atoms with van der Waals surface area (Å²) in [7, 11) is 0. The minimum Gasteiger partial charge on any atom is -0.389 e. The number of halogens is 1. The molecule has 0 saturated carbocycles. The number of carbonyl (C=O) groups is 1. The molecule has 0 aliphatic heterocycles. The normalized spacial score (nSPS) is 10.1. The van der Waals surface area contributed by atoms with Crippen molar-refractivity contribution in [3.8, 4) is 0 Å². The number of nitrogens with two attached hydrogens (primary N) is 1. The van der Waals surface area contributed by atoms with Gasteiger partial charge in [-0.1, -0.05) is 28.1 Å². The molecule has 0 saturated heterocycles. The number of hydrogen-bond donors (Lipinski definition) is 3. The standard InChI is InChI=1S/C10H8BrN5OS/c11-5-1-2-6(9(12)18)7(3-5)14-10(17)8-4-13-16-15-8/h1-4H,(H2,12,18)(H,14,17)(H,13,15,16). The highest BCUT2D eigenvalue weighted by Gasteiger charge is 2.12. The van der Waals surface area contributed by atoms with Gasteiger partial charge in [0, 0.05) is 10.0 Å². The van der Waals surface area contributed by atoms with Gasteiger partial charge in [-0.05, 0) is 18.2 Å². The van der Waals surface area contributed by atoms with Gasteiger partial charge in [0.1, 0.15) is 4.99 Å². The van der Waals surface area contributed by atoms with Crippen LogP contribution in [0.2, 0.25) is 0 Å². The van der Waals surface area contributed by atoms with Crippen molar-refractivity contribution < 1.29 is 4.79 Å². The summed E-state index contributed by atoms with van der Waals surface area (Å²) in [5.41, 5.74) is 6.88. The lowest BCUT2D eigenvalue weighted by atomic mass is 10.1. The van der Waals surface area contributed by atoms with Crippen LogP contribution in [-0.2, 0) is 0 Å². The Bertz CT molecular complexity index is 598. The quantitative estimate of drug-likeness (QED) is 0.742. The number of aromatic amines is 1. The Labute approximate surface area is 116 Å². The predicted octanol–water partition coefficient (Wildman–Crippen LogP) is 1.45. The lowest BCUT2D eigenvalue weighted by Crippen LogP contribution is -2.18. The number of anilines is 1. The van der Waals surface area contributed by atoms with Gasteiger partial charge in [-0.2, -0.15) is 15.4 Å². The van der Waals surface area contributed by atoms with Crippen LogP contribution in [0.4, 0.5) is 5.69 Å². The summed E-state index contributed by atoms with van der Waals surface area (Å²) < 4.78 is 0.804. The van der Waals surface area contributed by atoms with E-state index in [2.05, 4.69) is 36.7 Å². The van der Waals surface area contributed by atoms with Gasteiger partial charge >= 0.3 is 0 Å². The topological polar surface area (TPSA) is 96.7 Å². The SMILES string of the molecule is NC(=S)c1ccc(Br)cc1NC(=O)c1cn[nH]n1. The lowest BCUT2D eigenvalue weighted by Gasteiger charge is -2.09. The first-order chi connectivity index (χ1) is 8.58. The summed E-state index contributed by atoms with van der Waals surface area (Å²) in [6, 6.07) is 5.23. The maximum Gasteiger partial charge on any atom is 0.277 e. The zero-order valence-corrected chi connectivity index (χ0v) is 11.4. The Hall–Kier alpha value is -1.80. The van der Waals surface area contributed by atoms with Crippen molar-refractivity contribution in [2.45, 2.75) is 0 Å². The fourth-order valence-corrected chi connectivity index (χ4v) is 1.87. The molecular weight excluding hydrogens is 318 g/mol. The summed E-state index contributed by atoms with van der Waals surface area (Å²) in [5.74, 6) is -0.389. The fraction of sp³-hybridized carbons (Fsp3) is 0. The highest BCUT2D eigenvalue weighted by molar-refractivity contribution is 9.10. The molecule has 2 aromatic rings. The van der Waals surface area contributed by atoms with Crippen LogP contribution in [0.25, 0.3) is 0 Å². The van der Waals surface area contributed by atoms with Gasteiger partial charge in [0.05, 0.1) is 11.9 Å². The summed E-state index contributed by atoms with van der Waals surface area (Å²) in [6.45, 7) is 0. The van der Waals surface area contributed by atoms with Gasteiger partial charge < -0.3 is 11.1 Å². The average molecular weight is 326 g/mol. The van der Waals surface area contributed by atoms with Crippen molar-refractivity contribution in [2.24, 2.45) is 5.73 Å². The second-order valence-electron chi connectivity index (χ2n) is 3.36. The number of H-pyrrole nitrogens is 1. The van der Waals surface area contributed by atoms with E-state index in [1.807, 2.05) is 0 Å². The second-order valence-corrected chi connectivity index (χ2v) is 4.72. The van der Waals surface area contributed by atoms with Crippen LogP contribution in [0.3, 0.4) is 0 Å². The van der Waals surface area contributed by atoms with Crippen LogP contribution in [0.1, 0.15) is 16.1 Å². The molecule has 0 aliphatic rings. The molecule has 0 spiro atoms. The molecule has 0 unspecified atom stereocenters. The van der Waals surface area contributed by atoms with E-state index in [0.29, 0.717) is 11.3 Å². The molecule has 0 aliphatic carbocycles. The summed E-state index contributed by atoms with van der Waals surface area (Å²) >= 11 is 8.24. The Morgan fingerprint density at radius 2 is 2.28 bits per heavy atom. The van der Waals surface area contributed by atoms with E-state index in [9.17, 15) is 4.79 Å². The average Bonchev–Trinajstić information content (AvgIpc) is 2.81. The highest BCUT2D eigenvalue weighted by Crippen LogP contribution is 2.21. The number of hydrogen-bond acceptors (Lipinski definition) is 4. The van der Waals surface area contributed by atoms with Gasteiger partial charge in [-0.25, -0.2) is 0 Å². The van der Waals surface area contributed by atoms with E-state index in [1.54, 1.807) is 18.2 Å². The maximum absolute atomic E-state index is 11.8. The minimum atomic E-state index is -0.389. The first-order valence-corrected chi connectivity index (χ1v) is 6.04. The number of benzene rings is 1. The van der Waals surface area contributed by atoms with Crippen molar-refractivity contribution >= 4 is 44.7 Å². The Morgan fingerprint density at radius 1 is 1.50 bits per heavy atom. The Kier molecular flexibility index (Phi) is 3.68. The molecule has 0 bridgehead atoms. The molecule has 92 valence electrons. The fourth-order valence-electron chi connectivity index (χ4n) is 1.33. The molecular formula is C10H8BrN5OS. The number of rotatable bonds is 3. The van der Waals surface area contributed by atoms with E-state index in [0.717, 1.165) is 4.47 Å². The van der Waals surface area contributed by atoms with Crippen LogP contribution < -0.4 is 11.1 Å². The van der Waals surface area contributed by atoms with E-state index < -0.39 is 0 Å². The number of aromatic nitrogens is 3. The van der Waals surface area contributed by atoms with Gasteiger partial charge in [0.25, 0.3) is 5.91 Å². The third-order valence-corrected chi connectivity index (χ3v) is 2.86. The summed E-state index contributed by atoms with van der Waals surface area (Å²) in [4.78, 5) is 12.0. The third kappa shape index (κ3) is 2.71. The van der Waals surface area contributed by atoms with Crippen molar-refractivity contribution in [3.63, 3.8) is 0 Å². The molecule has 6 nitrogen and oxygen atoms in total. The van der Waals surface area contributed by atoms with Crippen LogP contribution in [0.15, 0.2) is 28.9 Å². The molecule has 4 N–H and O–H groups in total. The molecule has 0 atom stereocenters. The summed E-state index contributed by atoms with van der Waals surface area (Å²) in [5, 5.41) is 12.3. The first kappa shape index (κ1) is 12.7. The molecule has 1 amide bonds. The molecule has 1 heterocycles. The summed E-state index contributed by atoms with van der Waals surface area (Å²) in [6.07, 6.45) is 1.33. The number of nitrogens with one attached hydrogen (secondary N) is 2. The Morgan fingerprint density at radius 3 is 2.89 bits per heavy atom. The van der Waals surface area contributed by atoms with E-state index in [-0.39, 0.29) is 16.6 Å². The monoisotopic (exact) mass is 325 g/mol. The first-order valence-electron chi connectivity index (χ1n) is 4.84. The molecule has 0 radical (unpaired) electrons. The van der Waals surface area contributed by atoms with Crippen LogP contribution >= 0.6 is 28.1 Å². The van der Waals surface area contributed by atoms with Gasteiger partial charge in [-0.3, -0.25) is 4.79 Å². The number of nitrogens with zero attached hydrogens (tertiary/aromatic N) is 2. The number of carbonyl (C=O) groups excluding carboxylic acids is 1. The van der Waals surface area contributed by atoms with Gasteiger partial charge in [0.2, 0.25) is 0 Å². The minimum absolute atomic E-state index is 0.184. The molecule has 8 heteroatoms. The Balaban J connectivity index is 2.31. The van der Waals surface area contributed by atoms with E-state index in [4.69, 9.17) is 18.0 Å². The molecule has 1 aromatic heterocycles. The van der Waals surface area contributed by atoms with Crippen LogP contribution in [-0.4, -0.2) is 26.3 Å². The lowest BCUT2D eigenvalue weighted by molar-refractivity contribution is 0.102. The predicted molar refractivity (Wildman–Crippen MR) is 74.4 cm³/mol. The molecule has 1 aromatic carbocycles. The van der Waals surface area contributed by atoms with E-state index >= 15 is 0 Å². The van der Waals surface area contributed by atoms with Crippen molar-refractivity contribution in [2.75, 3.05) is 5.32 Å². The third-order valence-electron chi connectivity index (χ3n) is 2.14. The van der Waals surface area contributed by atoms with Crippen molar-refractivity contribution in [1.29, 1.82) is 0 Å². The van der Waals surface area contributed by atoms with Gasteiger partial charge in [-0.15, -0.1) is 0 Å². The van der Waals surface area contributed by atoms with Crippen molar-refractivity contribution in [3.05, 3.63) is 40.1 Å². The van der Waals surface area contributed by atoms with E-state index in [1.165, 1.54) is 6.20 Å². The zero-order chi connectivity index (χ0) is 13.1. The largest absolute Gasteiger partial charge is 0.389 e. The van der Waals surface area contributed by atoms with Crippen LogP contribution in [0, 0.1) is 0 Å². The van der Waals surface area contributed by atoms with Crippen molar-refractivity contribution in [1.82, 2.24) is 15.4 Å². The maximum atomic E-state index is 11.8. The second kappa shape index (κ2) is 5.23. The zero-order valence-electron chi connectivity index (χ0n) is 8.98. The van der Waals surface area contributed by atoms with Crippen LogP contribution in [0.5, 0.6) is 0 Å². The molecule has 0 fully saturated rings. The number of amides is 1. The highest BCUT2D eigenvalue weighted by atomic mass is 79.9. The van der Waals surface area contributed by atoms with Gasteiger partial charge in [0.15, 0.2) is 5.69 Å². The smallest absolute Gasteiger partial charge is 0.277 e. The molecule has 2 rings (SSSR count). The molecule has 18 heavy (non-hydrogen) atoms. The number of thiocarbonyl (C=S) groups is 1.